The third kappa shape index (κ3) is 3.45. The topological polar surface area (TPSA) is 24.5 Å². The smallest absolute Gasteiger partial charge is 0.380 e. The number of hydrogen-bond donors (Lipinski definition) is 1. The van der Waals surface area contributed by atoms with Gasteiger partial charge in [0.1, 0.15) is 0 Å². The predicted octanol–water partition coefficient (Wildman–Crippen LogP) is 2.66. The van der Waals surface area contributed by atoms with E-state index >= 15 is 0 Å². The van der Waals surface area contributed by atoms with Crippen molar-refractivity contribution in [3.63, 3.8) is 0 Å². The summed E-state index contributed by atoms with van der Waals surface area (Å²) in [6, 6.07) is 6.39. The normalized spacial score (nSPS) is 26.0. The summed E-state index contributed by atoms with van der Waals surface area (Å²) in [6.45, 7) is 3.41. The lowest BCUT2D eigenvalue weighted by atomic mass is 10.0. The van der Waals surface area contributed by atoms with E-state index in [1.807, 2.05) is 0 Å². The van der Waals surface area contributed by atoms with Crippen LogP contribution < -0.4 is 5.32 Å². The van der Waals surface area contributed by atoms with E-state index in [2.05, 4.69) is 10.2 Å². The van der Waals surface area contributed by atoms with Crippen molar-refractivity contribution >= 4 is 0 Å². The first kappa shape index (κ1) is 15.8. The standard InChI is InChI=1S/C16H21F3N2O/c17-16(18,19)15-4-2-1-3-12(15)10-21(13-5-7-20-9-13)14-6-8-22-11-14/h1-4,13-14,20H,5-11H2/t13-,14+/m0/s1. The molecule has 0 aliphatic carbocycles. The van der Waals surface area contributed by atoms with Gasteiger partial charge in [0.15, 0.2) is 0 Å². The second-order valence-electron chi connectivity index (χ2n) is 5.99. The molecular formula is C16H21F3N2O. The Bertz CT molecular complexity index is 478. The van der Waals surface area contributed by atoms with Crippen molar-refractivity contribution in [1.29, 1.82) is 0 Å². The first-order chi connectivity index (χ1) is 10.6. The van der Waals surface area contributed by atoms with Crippen LogP contribution in [0.15, 0.2) is 24.3 Å². The van der Waals surface area contributed by atoms with E-state index in [-0.39, 0.29) is 12.1 Å². The summed E-state index contributed by atoms with van der Waals surface area (Å²) in [6.07, 6.45) is -2.43. The molecule has 1 N–H and O–H groups in total. The zero-order valence-electron chi connectivity index (χ0n) is 12.4. The molecule has 6 heteroatoms. The van der Waals surface area contributed by atoms with E-state index in [9.17, 15) is 13.2 Å². The van der Waals surface area contributed by atoms with Gasteiger partial charge in [0.2, 0.25) is 0 Å². The average Bonchev–Trinajstić information content (AvgIpc) is 3.18. The number of hydrogen-bond acceptors (Lipinski definition) is 3. The molecule has 122 valence electrons. The molecule has 3 rings (SSSR count). The van der Waals surface area contributed by atoms with E-state index in [4.69, 9.17) is 4.74 Å². The Balaban J connectivity index is 1.84. The molecule has 0 unspecified atom stereocenters. The molecule has 1 aromatic carbocycles. The number of ether oxygens (including phenoxy) is 1. The quantitative estimate of drug-likeness (QED) is 0.925. The Hall–Kier alpha value is -1.11. The van der Waals surface area contributed by atoms with Crippen LogP contribution >= 0.6 is 0 Å². The highest BCUT2D eigenvalue weighted by atomic mass is 19.4. The fraction of sp³-hybridized carbons (Fsp3) is 0.625. The minimum atomic E-state index is -4.30. The molecule has 2 fully saturated rings. The second kappa shape index (κ2) is 6.56. The van der Waals surface area contributed by atoms with Crippen LogP contribution in [0.3, 0.4) is 0 Å². The van der Waals surface area contributed by atoms with Gasteiger partial charge in [0, 0.05) is 31.8 Å². The van der Waals surface area contributed by atoms with E-state index in [0.717, 1.165) is 25.9 Å². The molecule has 3 nitrogen and oxygen atoms in total. The van der Waals surface area contributed by atoms with Crippen molar-refractivity contribution < 1.29 is 17.9 Å². The minimum absolute atomic E-state index is 0.214. The molecule has 0 aromatic heterocycles. The molecule has 0 bridgehead atoms. The largest absolute Gasteiger partial charge is 0.416 e. The van der Waals surface area contributed by atoms with Gasteiger partial charge in [0.05, 0.1) is 12.2 Å². The molecule has 0 amide bonds. The molecule has 2 atom stereocenters. The monoisotopic (exact) mass is 314 g/mol. The van der Waals surface area contributed by atoms with Crippen LogP contribution in [0, 0.1) is 0 Å². The molecule has 22 heavy (non-hydrogen) atoms. The zero-order valence-corrected chi connectivity index (χ0v) is 12.4. The summed E-state index contributed by atoms with van der Waals surface area (Å²) in [5.41, 5.74) is -0.168. The van der Waals surface area contributed by atoms with Crippen molar-refractivity contribution in [1.82, 2.24) is 10.2 Å². The van der Waals surface area contributed by atoms with Crippen LogP contribution in [0.2, 0.25) is 0 Å². The molecule has 2 aliphatic heterocycles. The van der Waals surface area contributed by atoms with Gasteiger partial charge in [-0.25, -0.2) is 0 Å². The zero-order chi connectivity index (χ0) is 15.6. The molecular weight excluding hydrogens is 293 g/mol. The van der Waals surface area contributed by atoms with Crippen molar-refractivity contribution in [2.24, 2.45) is 0 Å². The molecule has 2 aliphatic rings. The number of rotatable bonds is 4. The Morgan fingerprint density at radius 2 is 2.00 bits per heavy atom. The minimum Gasteiger partial charge on any atom is -0.380 e. The highest BCUT2D eigenvalue weighted by Crippen LogP contribution is 2.33. The summed E-state index contributed by atoms with van der Waals surface area (Å²) in [5.74, 6) is 0. The van der Waals surface area contributed by atoms with Gasteiger partial charge in [0.25, 0.3) is 0 Å². The van der Waals surface area contributed by atoms with Crippen LogP contribution in [0.5, 0.6) is 0 Å². The highest BCUT2D eigenvalue weighted by molar-refractivity contribution is 5.29. The number of halogens is 3. The van der Waals surface area contributed by atoms with Crippen molar-refractivity contribution in [2.45, 2.75) is 37.6 Å². The molecule has 0 spiro atoms. The summed E-state index contributed by atoms with van der Waals surface area (Å²) in [4.78, 5) is 2.21. The maximum Gasteiger partial charge on any atom is 0.416 e. The lowest BCUT2D eigenvalue weighted by Gasteiger charge is -2.34. The maximum atomic E-state index is 13.2. The van der Waals surface area contributed by atoms with Crippen molar-refractivity contribution in [3.05, 3.63) is 35.4 Å². The predicted molar refractivity (Wildman–Crippen MR) is 77.5 cm³/mol. The summed E-state index contributed by atoms with van der Waals surface area (Å²) in [5, 5.41) is 3.30. The first-order valence-corrected chi connectivity index (χ1v) is 7.75. The van der Waals surface area contributed by atoms with E-state index < -0.39 is 11.7 Å². The van der Waals surface area contributed by atoms with Gasteiger partial charge in [-0.3, -0.25) is 4.90 Å². The number of benzene rings is 1. The summed E-state index contributed by atoms with van der Waals surface area (Å²) >= 11 is 0. The third-order valence-corrected chi connectivity index (χ3v) is 4.55. The van der Waals surface area contributed by atoms with Gasteiger partial charge in [-0.1, -0.05) is 18.2 Å². The fourth-order valence-corrected chi connectivity index (χ4v) is 3.39. The third-order valence-electron chi connectivity index (χ3n) is 4.55. The van der Waals surface area contributed by atoms with Gasteiger partial charge in [-0.2, -0.15) is 13.2 Å². The van der Waals surface area contributed by atoms with E-state index in [1.54, 1.807) is 12.1 Å². The molecule has 0 radical (unpaired) electrons. The van der Waals surface area contributed by atoms with Gasteiger partial charge in [-0.15, -0.1) is 0 Å². The SMILES string of the molecule is FC(F)(F)c1ccccc1CN([C@@H]1CCOC1)[C@H]1CCNC1. The Kier molecular flexibility index (Phi) is 4.70. The van der Waals surface area contributed by atoms with Crippen LogP contribution in [0.1, 0.15) is 24.0 Å². The van der Waals surface area contributed by atoms with Crippen LogP contribution in [-0.2, 0) is 17.5 Å². The van der Waals surface area contributed by atoms with Crippen LogP contribution in [0.4, 0.5) is 13.2 Å². The lowest BCUT2D eigenvalue weighted by molar-refractivity contribution is -0.138. The molecule has 2 heterocycles. The van der Waals surface area contributed by atoms with E-state index in [0.29, 0.717) is 25.3 Å². The van der Waals surface area contributed by atoms with Crippen LogP contribution in [0.25, 0.3) is 0 Å². The highest BCUT2D eigenvalue weighted by Gasteiger charge is 2.36. The summed E-state index contributed by atoms with van der Waals surface area (Å²) < 4.78 is 45.0. The van der Waals surface area contributed by atoms with Crippen LogP contribution in [-0.4, -0.2) is 43.3 Å². The van der Waals surface area contributed by atoms with Gasteiger partial charge < -0.3 is 10.1 Å². The molecule has 1 aromatic rings. The lowest BCUT2D eigenvalue weighted by Crippen LogP contribution is -2.44. The number of nitrogens with one attached hydrogen (secondary N) is 1. The second-order valence-corrected chi connectivity index (χ2v) is 5.99. The maximum absolute atomic E-state index is 13.2. The fourth-order valence-electron chi connectivity index (χ4n) is 3.39. The molecule has 2 saturated heterocycles. The van der Waals surface area contributed by atoms with Gasteiger partial charge in [-0.05, 0) is 31.0 Å². The first-order valence-electron chi connectivity index (χ1n) is 7.75. The average molecular weight is 314 g/mol. The molecule has 0 saturated carbocycles. The Morgan fingerprint density at radius 3 is 2.64 bits per heavy atom. The summed E-state index contributed by atoms with van der Waals surface area (Å²) in [7, 11) is 0. The van der Waals surface area contributed by atoms with Crippen molar-refractivity contribution in [2.75, 3.05) is 26.3 Å². The van der Waals surface area contributed by atoms with E-state index in [1.165, 1.54) is 12.1 Å². The Morgan fingerprint density at radius 1 is 1.18 bits per heavy atom. The number of nitrogens with zero attached hydrogens (tertiary/aromatic N) is 1. The Labute approximate surface area is 128 Å². The van der Waals surface area contributed by atoms with Crippen molar-refractivity contribution in [3.8, 4) is 0 Å². The number of alkyl halides is 3. The van der Waals surface area contributed by atoms with Gasteiger partial charge >= 0.3 is 6.18 Å².